The molecule has 0 saturated heterocycles. The Kier molecular flexibility index (Phi) is 2.89. The van der Waals surface area contributed by atoms with Crippen molar-refractivity contribution in [1.29, 1.82) is 0 Å². The van der Waals surface area contributed by atoms with Gasteiger partial charge in [-0.3, -0.25) is 0 Å². The van der Waals surface area contributed by atoms with Crippen molar-refractivity contribution in [2.75, 3.05) is 0 Å². The van der Waals surface area contributed by atoms with Crippen LogP contribution in [-0.4, -0.2) is 0 Å². The molecule has 0 spiro atoms. The highest BCUT2D eigenvalue weighted by Crippen LogP contribution is 2.25. The summed E-state index contributed by atoms with van der Waals surface area (Å²) in [7, 11) is 0. The van der Waals surface area contributed by atoms with Crippen molar-refractivity contribution in [3.8, 4) is 0 Å². The zero-order valence-corrected chi connectivity index (χ0v) is 9.84. The Morgan fingerprint density at radius 2 is 2.00 bits per heavy atom. The van der Waals surface area contributed by atoms with Gasteiger partial charge in [0.2, 0.25) is 0 Å². The Balaban J connectivity index is 2.42. The molecule has 1 aromatic carbocycles. The van der Waals surface area contributed by atoms with E-state index in [-0.39, 0.29) is 6.04 Å². The van der Waals surface area contributed by atoms with Crippen molar-refractivity contribution < 1.29 is 0 Å². The molecule has 1 aromatic heterocycles. The molecule has 0 amide bonds. The van der Waals surface area contributed by atoms with Crippen LogP contribution in [-0.2, 0) is 0 Å². The SMILES string of the molecule is Cc1cccc([C@@H](N)c2ccsc2)c1C. The maximum Gasteiger partial charge on any atom is 0.0562 e. The molecule has 1 heterocycles. The molecule has 2 aromatic rings. The van der Waals surface area contributed by atoms with Gasteiger partial charge in [0, 0.05) is 0 Å². The number of hydrogen-bond donors (Lipinski definition) is 1. The van der Waals surface area contributed by atoms with E-state index in [1.165, 1.54) is 22.3 Å². The second-order valence-electron chi connectivity index (χ2n) is 3.82. The van der Waals surface area contributed by atoms with Crippen molar-refractivity contribution in [2.45, 2.75) is 19.9 Å². The normalized spacial score (nSPS) is 12.7. The second-order valence-corrected chi connectivity index (χ2v) is 4.60. The molecule has 78 valence electrons. The third-order valence-corrected chi connectivity index (χ3v) is 3.59. The lowest BCUT2D eigenvalue weighted by Crippen LogP contribution is -2.12. The van der Waals surface area contributed by atoms with Crippen LogP contribution < -0.4 is 5.73 Å². The monoisotopic (exact) mass is 217 g/mol. The molecule has 0 fully saturated rings. The van der Waals surface area contributed by atoms with E-state index in [0.29, 0.717) is 0 Å². The predicted octanol–water partition coefficient (Wildman–Crippen LogP) is 3.41. The minimum atomic E-state index is 0.0103. The fraction of sp³-hybridized carbons (Fsp3) is 0.231. The van der Waals surface area contributed by atoms with Crippen LogP contribution in [0.25, 0.3) is 0 Å². The molecule has 2 N–H and O–H groups in total. The van der Waals surface area contributed by atoms with Gasteiger partial charge in [-0.2, -0.15) is 11.3 Å². The standard InChI is InChI=1S/C13H15NS/c1-9-4-3-5-12(10(9)2)13(14)11-6-7-15-8-11/h3-8,13H,14H2,1-2H3/t13-/m0/s1. The molecular weight excluding hydrogens is 202 g/mol. The Morgan fingerprint density at radius 3 is 2.67 bits per heavy atom. The van der Waals surface area contributed by atoms with E-state index in [9.17, 15) is 0 Å². The zero-order valence-electron chi connectivity index (χ0n) is 9.03. The minimum absolute atomic E-state index is 0.0103. The molecule has 0 unspecified atom stereocenters. The van der Waals surface area contributed by atoms with E-state index < -0.39 is 0 Å². The fourth-order valence-corrected chi connectivity index (χ4v) is 2.44. The summed E-state index contributed by atoms with van der Waals surface area (Å²) < 4.78 is 0. The van der Waals surface area contributed by atoms with Gasteiger partial charge in [0.05, 0.1) is 6.04 Å². The molecule has 0 saturated carbocycles. The van der Waals surface area contributed by atoms with Gasteiger partial charge in [0.1, 0.15) is 0 Å². The van der Waals surface area contributed by atoms with Gasteiger partial charge in [-0.15, -0.1) is 0 Å². The van der Waals surface area contributed by atoms with E-state index in [4.69, 9.17) is 5.73 Å². The smallest absolute Gasteiger partial charge is 0.0562 e. The summed E-state index contributed by atoms with van der Waals surface area (Å²) in [6.45, 7) is 4.26. The summed E-state index contributed by atoms with van der Waals surface area (Å²) >= 11 is 1.69. The van der Waals surface area contributed by atoms with Crippen LogP contribution in [0.3, 0.4) is 0 Å². The number of thiophene rings is 1. The van der Waals surface area contributed by atoms with E-state index in [1.54, 1.807) is 11.3 Å². The average molecular weight is 217 g/mol. The Morgan fingerprint density at radius 1 is 1.20 bits per heavy atom. The summed E-state index contributed by atoms with van der Waals surface area (Å²) in [6, 6.07) is 8.42. The highest BCUT2D eigenvalue weighted by molar-refractivity contribution is 7.08. The predicted molar refractivity (Wildman–Crippen MR) is 66.3 cm³/mol. The molecule has 0 aliphatic carbocycles. The van der Waals surface area contributed by atoms with Crippen molar-refractivity contribution in [2.24, 2.45) is 5.73 Å². The maximum absolute atomic E-state index is 6.24. The van der Waals surface area contributed by atoms with Crippen LogP contribution in [0.2, 0.25) is 0 Å². The van der Waals surface area contributed by atoms with Gasteiger partial charge in [0.15, 0.2) is 0 Å². The summed E-state index contributed by atoms with van der Waals surface area (Å²) in [4.78, 5) is 0. The highest BCUT2D eigenvalue weighted by Gasteiger charge is 2.12. The third kappa shape index (κ3) is 1.96. The molecule has 0 bridgehead atoms. The van der Waals surface area contributed by atoms with Crippen LogP contribution >= 0.6 is 11.3 Å². The van der Waals surface area contributed by atoms with Gasteiger partial charge < -0.3 is 5.73 Å². The van der Waals surface area contributed by atoms with Gasteiger partial charge in [0.25, 0.3) is 0 Å². The average Bonchev–Trinajstić information content (AvgIpc) is 2.74. The first kappa shape index (κ1) is 10.4. The Labute approximate surface area is 94.6 Å². The number of nitrogens with two attached hydrogens (primary N) is 1. The molecule has 2 heteroatoms. The Bertz CT molecular complexity index is 446. The molecule has 1 nitrogen and oxygen atoms in total. The molecule has 15 heavy (non-hydrogen) atoms. The second kappa shape index (κ2) is 4.17. The van der Waals surface area contributed by atoms with E-state index >= 15 is 0 Å². The Hall–Kier alpha value is -1.12. The van der Waals surface area contributed by atoms with Crippen molar-refractivity contribution in [3.63, 3.8) is 0 Å². The first-order valence-corrected chi connectivity index (χ1v) is 5.98. The van der Waals surface area contributed by atoms with Crippen molar-refractivity contribution in [1.82, 2.24) is 0 Å². The zero-order chi connectivity index (χ0) is 10.8. The van der Waals surface area contributed by atoms with Gasteiger partial charge >= 0.3 is 0 Å². The third-order valence-electron chi connectivity index (χ3n) is 2.88. The summed E-state index contributed by atoms with van der Waals surface area (Å²) in [5.41, 5.74) is 11.3. The maximum atomic E-state index is 6.24. The van der Waals surface area contributed by atoms with Crippen LogP contribution in [0, 0.1) is 13.8 Å². The fourth-order valence-electron chi connectivity index (χ4n) is 1.74. The van der Waals surface area contributed by atoms with E-state index in [2.05, 4.69) is 48.9 Å². The number of rotatable bonds is 2. The topological polar surface area (TPSA) is 26.0 Å². The van der Waals surface area contributed by atoms with E-state index in [0.717, 1.165) is 0 Å². The number of benzene rings is 1. The number of aryl methyl sites for hydroxylation is 1. The largest absolute Gasteiger partial charge is 0.320 e. The highest BCUT2D eigenvalue weighted by atomic mass is 32.1. The summed E-state index contributed by atoms with van der Waals surface area (Å²) in [5.74, 6) is 0. The lowest BCUT2D eigenvalue weighted by molar-refractivity contribution is 0.864. The molecule has 0 radical (unpaired) electrons. The van der Waals surface area contributed by atoms with Gasteiger partial charge in [-0.05, 0) is 52.9 Å². The minimum Gasteiger partial charge on any atom is -0.320 e. The lowest BCUT2D eigenvalue weighted by Gasteiger charge is -2.15. The van der Waals surface area contributed by atoms with Crippen LogP contribution in [0.5, 0.6) is 0 Å². The molecule has 0 aliphatic heterocycles. The molecule has 1 atom stereocenters. The lowest BCUT2D eigenvalue weighted by atomic mass is 9.95. The first-order chi connectivity index (χ1) is 7.20. The quantitative estimate of drug-likeness (QED) is 0.819. The number of hydrogen-bond acceptors (Lipinski definition) is 2. The van der Waals surface area contributed by atoms with E-state index in [1.807, 2.05) is 0 Å². The first-order valence-electron chi connectivity index (χ1n) is 5.04. The molecule has 2 rings (SSSR count). The molecular formula is C13H15NS. The van der Waals surface area contributed by atoms with Crippen LogP contribution in [0.1, 0.15) is 28.3 Å². The van der Waals surface area contributed by atoms with Crippen molar-refractivity contribution in [3.05, 3.63) is 57.3 Å². The van der Waals surface area contributed by atoms with Gasteiger partial charge in [-0.1, -0.05) is 18.2 Å². The van der Waals surface area contributed by atoms with Crippen molar-refractivity contribution >= 4 is 11.3 Å². The van der Waals surface area contributed by atoms with Crippen LogP contribution in [0.4, 0.5) is 0 Å². The summed E-state index contributed by atoms with van der Waals surface area (Å²) in [5, 5.41) is 4.19. The summed E-state index contributed by atoms with van der Waals surface area (Å²) in [6.07, 6.45) is 0. The van der Waals surface area contributed by atoms with Crippen LogP contribution in [0.15, 0.2) is 35.0 Å². The molecule has 0 aliphatic rings. The van der Waals surface area contributed by atoms with Gasteiger partial charge in [-0.25, -0.2) is 0 Å².